The second-order valence-corrected chi connectivity index (χ2v) is 4.88. The summed E-state index contributed by atoms with van der Waals surface area (Å²) < 4.78 is 4.92. The topological polar surface area (TPSA) is 96.5 Å². The minimum absolute atomic E-state index is 0.299. The molecule has 0 saturated heterocycles. The van der Waals surface area contributed by atoms with Crippen molar-refractivity contribution in [1.82, 2.24) is 9.97 Å². The van der Waals surface area contributed by atoms with Crippen LogP contribution in [0.15, 0.2) is 6.07 Å². The van der Waals surface area contributed by atoms with E-state index in [9.17, 15) is 5.11 Å². The molecule has 0 aromatic carbocycles. The minimum Gasteiger partial charge on any atom is -0.389 e. The van der Waals surface area contributed by atoms with Crippen LogP contribution >= 0.6 is 0 Å². The lowest BCUT2D eigenvalue weighted by Crippen LogP contribution is -2.32. The molecule has 2 rings (SSSR count). The number of hydrazine groups is 1. The molecule has 1 unspecified atom stereocenters. The third-order valence-electron chi connectivity index (χ3n) is 3.06. The van der Waals surface area contributed by atoms with Gasteiger partial charge >= 0.3 is 0 Å². The minimum atomic E-state index is -0.552. The highest BCUT2D eigenvalue weighted by atomic mass is 16.5. The molecule has 1 aromatic rings. The summed E-state index contributed by atoms with van der Waals surface area (Å²) in [6, 6.07) is 1.77. The van der Waals surface area contributed by atoms with Crippen LogP contribution in [0.5, 0.6) is 0 Å². The number of ether oxygens (including phenoxy) is 1. The number of nitrogens with two attached hydrogens (primary N) is 1. The van der Waals surface area contributed by atoms with E-state index in [1.54, 1.807) is 13.2 Å². The molecule has 1 aliphatic carbocycles. The fraction of sp³-hybridized carbons (Fsp3) is 0.667. The van der Waals surface area contributed by atoms with E-state index in [0.717, 1.165) is 24.5 Å². The molecule has 1 atom stereocenters. The molecule has 0 radical (unpaired) electrons. The van der Waals surface area contributed by atoms with Crippen LogP contribution in [0.4, 0.5) is 11.6 Å². The molecule has 0 amide bonds. The van der Waals surface area contributed by atoms with Crippen LogP contribution in [0.2, 0.25) is 0 Å². The molecule has 1 saturated carbocycles. The van der Waals surface area contributed by atoms with E-state index in [2.05, 4.69) is 15.4 Å². The predicted octanol–water partition coefficient (Wildman–Crippen LogP) is 0.0831. The second kappa shape index (κ2) is 6.14. The SMILES string of the molecule is COCC(O)CN(C)c1cc(NN)nc(C2CC2)n1. The molecule has 0 spiro atoms. The molecule has 7 heteroatoms. The number of rotatable bonds is 7. The largest absolute Gasteiger partial charge is 0.389 e. The number of aromatic nitrogens is 2. The first-order valence-corrected chi connectivity index (χ1v) is 6.37. The lowest BCUT2D eigenvalue weighted by molar-refractivity contribution is 0.0694. The van der Waals surface area contributed by atoms with Crippen molar-refractivity contribution >= 4 is 11.6 Å². The zero-order valence-electron chi connectivity index (χ0n) is 11.3. The molecule has 1 aromatic heterocycles. The van der Waals surface area contributed by atoms with Gasteiger partial charge in [-0.25, -0.2) is 15.8 Å². The Morgan fingerprint density at radius 2 is 2.32 bits per heavy atom. The molecular weight excluding hydrogens is 246 g/mol. The molecule has 0 aliphatic heterocycles. The van der Waals surface area contributed by atoms with E-state index < -0.39 is 6.10 Å². The first-order chi connectivity index (χ1) is 9.13. The molecule has 1 heterocycles. The van der Waals surface area contributed by atoms with Gasteiger partial charge in [-0.05, 0) is 12.8 Å². The summed E-state index contributed by atoms with van der Waals surface area (Å²) in [6.45, 7) is 0.742. The Bertz CT molecular complexity index is 425. The van der Waals surface area contributed by atoms with Gasteiger partial charge in [-0.15, -0.1) is 0 Å². The highest BCUT2D eigenvalue weighted by Gasteiger charge is 2.27. The summed E-state index contributed by atoms with van der Waals surface area (Å²) in [4.78, 5) is 10.7. The van der Waals surface area contributed by atoms with E-state index in [-0.39, 0.29) is 0 Å². The molecule has 7 nitrogen and oxygen atoms in total. The zero-order valence-corrected chi connectivity index (χ0v) is 11.3. The predicted molar refractivity (Wildman–Crippen MR) is 73.0 cm³/mol. The Morgan fingerprint density at radius 3 is 2.89 bits per heavy atom. The maximum Gasteiger partial charge on any atom is 0.145 e. The number of anilines is 2. The summed E-state index contributed by atoms with van der Waals surface area (Å²) in [5.74, 6) is 8.04. The van der Waals surface area contributed by atoms with Crippen LogP contribution in [-0.2, 0) is 4.74 Å². The summed E-state index contributed by atoms with van der Waals surface area (Å²) in [5.41, 5.74) is 2.56. The number of aliphatic hydroxyl groups is 1. The number of nitrogens with one attached hydrogen (secondary N) is 1. The fourth-order valence-electron chi connectivity index (χ4n) is 1.90. The van der Waals surface area contributed by atoms with Gasteiger partial charge < -0.3 is 20.2 Å². The molecular formula is C12H21N5O2. The Balaban J connectivity index is 2.11. The number of hydrogen-bond acceptors (Lipinski definition) is 7. The summed E-state index contributed by atoms with van der Waals surface area (Å²) in [5, 5.41) is 9.75. The molecule has 1 aliphatic rings. The monoisotopic (exact) mass is 267 g/mol. The Kier molecular flexibility index (Phi) is 4.52. The van der Waals surface area contributed by atoms with Gasteiger partial charge in [0, 0.05) is 32.7 Å². The van der Waals surface area contributed by atoms with Crippen molar-refractivity contribution in [2.45, 2.75) is 24.9 Å². The highest BCUT2D eigenvalue weighted by Crippen LogP contribution is 2.39. The van der Waals surface area contributed by atoms with Gasteiger partial charge in [0.1, 0.15) is 17.5 Å². The van der Waals surface area contributed by atoms with Crippen LogP contribution < -0.4 is 16.2 Å². The summed E-state index contributed by atoms with van der Waals surface area (Å²) >= 11 is 0. The first-order valence-electron chi connectivity index (χ1n) is 6.37. The molecule has 4 N–H and O–H groups in total. The van der Waals surface area contributed by atoms with Crippen LogP contribution in [0.25, 0.3) is 0 Å². The van der Waals surface area contributed by atoms with Crippen molar-refractivity contribution in [1.29, 1.82) is 0 Å². The highest BCUT2D eigenvalue weighted by molar-refractivity contribution is 5.49. The maximum atomic E-state index is 9.75. The average Bonchev–Trinajstić information content (AvgIpc) is 3.22. The van der Waals surface area contributed by atoms with Crippen LogP contribution in [0.1, 0.15) is 24.6 Å². The number of nitrogens with zero attached hydrogens (tertiary/aromatic N) is 3. The fourth-order valence-corrected chi connectivity index (χ4v) is 1.90. The summed E-state index contributed by atoms with van der Waals surface area (Å²) in [6.07, 6.45) is 1.70. The quantitative estimate of drug-likeness (QED) is 0.475. The lowest BCUT2D eigenvalue weighted by atomic mass is 10.3. The second-order valence-electron chi connectivity index (χ2n) is 4.88. The third kappa shape index (κ3) is 3.76. The number of aliphatic hydroxyl groups excluding tert-OH is 1. The average molecular weight is 267 g/mol. The summed E-state index contributed by atoms with van der Waals surface area (Å²) in [7, 11) is 3.44. The Labute approximate surface area is 112 Å². The smallest absolute Gasteiger partial charge is 0.145 e. The van der Waals surface area contributed by atoms with Crippen molar-refractivity contribution in [3.63, 3.8) is 0 Å². The van der Waals surface area contributed by atoms with Gasteiger partial charge in [0.25, 0.3) is 0 Å². The Morgan fingerprint density at radius 1 is 1.58 bits per heavy atom. The number of nitrogen functional groups attached to an aromatic ring is 1. The van der Waals surface area contributed by atoms with Crippen molar-refractivity contribution in [3.8, 4) is 0 Å². The lowest BCUT2D eigenvalue weighted by Gasteiger charge is -2.22. The van der Waals surface area contributed by atoms with Crippen molar-refractivity contribution in [3.05, 3.63) is 11.9 Å². The normalized spacial score (nSPS) is 16.2. The van der Waals surface area contributed by atoms with Gasteiger partial charge in [-0.2, -0.15) is 0 Å². The van der Waals surface area contributed by atoms with Crippen molar-refractivity contribution < 1.29 is 9.84 Å². The van der Waals surface area contributed by atoms with Crippen LogP contribution in [0, 0.1) is 0 Å². The molecule has 0 bridgehead atoms. The molecule has 1 fully saturated rings. The van der Waals surface area contributed by atoms with E-state index in [0.29, 0.717) is 24.9 Å². The van der Waals surface area contributed by atoms with Crippen molar-refractivity contribution in [2.75, 3.05) is 37.6 Å². The van der Waals surface area contributed by atoms with Crippen LogP contribution in [-0.4, -0.2) is 48.5 Å². The van der Waals surface area contributed by atoms with Gasteiger partial charge in [0.2, 0.25) is 0 Å². The van der Waals surface area contributed by atoms with Gasteiger partial charge in [-0.3, -0.25) is 0 Å². The Hall–Kier alpha value is -1.44. The third-order valence-corrected chi connectivity index (χ3v) is 3.06. The zero-order chi connectivity index (χ0) is 13.8. The van der Waals surface area contributed by atoms with Gasteiger partial charge in [-0.1, -0.05) is 0 Å². The van der Waals surface area contributed by atoms with Crippen LogP contribution in [0.3, 0.4) is 0 Å². The van der Waals surface area contributed by atoms with Gasteiger partial charge in [0.05, 0.1) is 12.7 Å². The van der Waals surface area contributed by atoms with E-state index in [1.165, 1.54) is 0 Å². The van der Waals surface area contributed by atoms with E-state index in [1.807, 2.05) is 11.9 Å². The van der Waals surface area contributed by atoms with E-state index >= 15 is 0 Å². The number of hydrogen-bond donors (Lipinski definition) is 3. The standard InChI is InChI=1S/C12H21N5O2/c1-17(6-9(18)7-19-2)11-5-10(16-13)14-12(15-11)8-3-4-8/h5,8-9,18H,3-4,6-7,13H2,1-2H3,(H,14,15,16). The van der Waals surface area contributed by atoms with Gasteiger partial charge in [0.15, 0.2) is 0 Å². The first kappa shape index (κ1) is 14.0. The maximum absolute atomic E-state index is 9.75. The van der Waals surface area contributed by atoms with Crippen molar-refractivity contribution in [2.24, 2.45) is 5.84 Å². The molecule has 19 heavy (non-hydrogen) atoms. The number of methoxy groups -OCH3 is 1. The van der Waals surface area contributed by atoms with E-state index in [4.69, 9.17) is 10.6 Å². The molecule has 106 valence electrons. The number of likely N-dealkylation sites (N-methyl/N-ethyl adjacent to an activating group) is 1.